The van der Waals surface area contributed by atoms with E-state index >= 15 is 0 Å². The number of furan rings is 1. The molecule has 2 aromatic carbocycles. The molecular weight excluding hydrogens is 410 g/mol. The molecule has 4 rings (SSSR count). The first-order valence-corrected chi connectivity index (χ1v) is 11.2. The zero-order valence-corrected chi connectivity index (χ0v) is 18.9. The average molecular weight is 440 g/mol. The SMILES string of the molecule is CCOCC.O/N=C(\Cc1coc(Cc2ccccc2)c1)c1ccc(Cl)cc1C1CC1. The predicted octanol–water partition coefficient (Wildman–Crippen LogP) is 6.87. The van der Waals surface area contributed by atoms with Gasteiger partial charge in [0.25, 0.3) is 0 Å². The molecular formula is C26H30ClNO3. The van der Waals surface area contributed by atoms with Crippen LogP contribution in [0, 0.1) is 0 Å². The fourth-order valence-corrected chi connectivity index (χ4v) is 3.70. The standard InChI is InChI=1S/C22H20ClNO2.C4H10O/c23-18-8-9-20(21(13-18)17-6-7-17)22(24-25)12-16-11-19(26-14-16)10-15-4-2-1-3-5-15;1-3-5-4-2/h1-5,8-9,11,13-14,17,25H,6-7,10,12H2;3-4H2,1-2H3/b24-22+;. The number of rotatable bonds is 8. The monoisotopic (exact) mass is 439 g/mol. The molecule has 4 nitrogen and oxygen atoms in total. The van der Waals surface area contributed by atoms with Gasteiger partial charge in [0.05, 0.1) is 12.0 Å². The molecule has 1 aliphatic carbocycles. The Morgan fingerprint density at radius 1 is 1.06 bits per heavy atom. The van der Waals surface area contributed by atoms with Crippen molar-refractivity contribution in [3.63, 3.8) is 0 Å². The molecule has 1 aliphatic rings. The first-order chi connectivity index (χ1) is 15.1. The number of oxime groups is 1. The minimum absolute atomic E-state index is 0.524. The number of ether oxygens (including phenoxy) is 1. The molecule has 5 heteroatoms. The van der Waals surface area contributed by atoms with Crippen LogP contribution >= 0.6 is 11.6 Å². The summed E-state index contributed by atoms with van der Waals surface area (Å²) in [5.41, 5.74) is 5.01. The van der Waals surface area contributed by atoms with Gasteiger partial charge in [-0.1, -0.05) is 53.2 Å². The van der Waals surface area contributed by atoms with Crippen LogP contribution in [0.2, 0.25) is 5.02 Å². The zero-order chi connectivity index (χ0) is 22.1. The van der Waals surface area contributed by atoms with Gasteiger partial charge in [0.15, 0.2) is 0 Å². The Kier molecular flexibility index (Phi) is 8.74. The van der Waals surface area contributed by atoms with Gasteiger partial charge in [-0.2, -0.15) is 0 Å². The summed E-state index contributed by atoms with van der Waals surface area (Å²) in [6.45, 7) is 5.67. The molecule has 0 spiro atoms. The molecule has 3 aromatic rings. The molecule has 0 atom stereocenters. The van der Waals surface area contributed by atoms with Crippen LogP contribution < -0.4 is 0 Å². The number of benzene rings is 2. The highest BCUT2D eigenvalue weighted by Crippen LogP contribution is 2.42. The molecule has 31 heavy (non-hydrogen) atoms. The van der Waals surface area contributed by atoms with Crippen LogP contribution in [-0.4, -0.2) is 24.1 Å². The Morgan fingerprint density at radius 3 is 2.42 bits per heavy atom. The molecule has 0 radical (unpaired) electrons. The van der Waals surface area contributed by atoms with Crippen molar-refractivity contribution in [1.82, 2.24) is 0 Å². The summed E-state index contributed by atoms with van der Waals surface area (Å²) in [5, 5.41) is 13.9. The van der Waals surface area contributed by atoms with Gasteiger partial charge in [-0.3, -0.25) is 0 Å². The van der Waals surface area contributed by atoms with Crippen molar-refractivity contribution >= 4 is 17.3 Å². The molecule has 1 fully saturated rings. The van der Waals surface area contributed by atoms with Gasteiger partial charge < -0.3 is 14.4 Å². The fourth-order valence-electron chi connectivity index (χ4n) is 3.52. The molecule has 0 unspecified atom stereocenters. The van der Waals surface area contributed by atoms with E-state index in [0.29, 0.717) is 18.1 Å². The lowest BCUT2D eigenvalue weighted by atomic mass is 9.96. The van der Waals surface area contributed by atoms with E-state index in [1.807, 2.05) is 56.3 Å². The Hall–Kier alpha value is -2.56. The first kappa shape index (κ1) is 23.1. The third-order valence-corrected chi connectivity index (χ3v) is 5.41. The van der Waals surface area contributed by atoms with Gasteiger partial charge >= 0.3 is 0 Å². The third kappa shape index (κ3) is 6.98. The normalized spacial score (nSPS) is 13.6. The molecule has 1 saturated carbocycles. The van der Waals surface area contributed by atoms with Gasteiger partial charge in [0.1, 0.15) is 5.76 Å². The topological polar surface area (TPSA) is 55.0 Å². The maximum absolute atomic E-state index is 9.60. The van der Waals surface area contributed by atoms with Crippen molar-refractivity contribution in [3.05, 3.63) is 93.9 Å². The average Bonchev–Trinajstić information content (AvgIpc) is 3.54. The lowest BCUT2D eigenvalue weighted by Gasteiger charge is -2.10. The maximum atomic E-state index is 9.60. The van der Waals surface area contributed by atoms with Crippen LogP contribution in [0.1, 0.15) is 60.6 Å². The molecule has 1 aromatic heterocycles. The van der Waals surface area contributed by atoms with E-state index in [1.165, 1.54) is 24.0 Å². The van der Waals surface area contributed by atoms with Crippen LogP contribution in [0.15, 0.2) is 70.4 Å². The fraction of sp³-hybridized carbons (Fsp3) is 0.346. The van der Waals surface area contributed by atoms with Crippen molar-refractivity contribution in [1.29, 1.82) is 0 Å². The lowest BCUT2D eigenvalue weighted by Crippen LogP contribution is -2.08. The Bertz CT molecular complexity index is 975. The van der Waals surface area contributed by atoms with Crippen molar-refractivity contribution < 1.29 is 14.4 Å². The van der Waals surface area contributed by atoms with E-state index in [0.717, 1.165) is 41.5 Å². The van der Waals surface area contributed by atoms with Gasteiger partial charge in [0, 0.05) is 36.6 Å². The van der Waals surface area contributed by atoms with E-state index in [-0.39, 0.29) is 0 Å². The Balaban J connectivity index is 0.000000491. The van der Waals surface area contributed by atoms with E-state index in [1.54, 1.807) is 6.26 Å². The molecule has 0 bridgehead atoms. The summed E-state index contributed by atoms with van der Waals surface area (Å²) in [5.74, 6) is 1.43. The van der Waals surface area contributed by atoms with E-state index in [4.69, 9.17) is 20.8 Å². The minimum atomic E-state index is 0.524. The minimum Gasteiger partial charge on any atom is -0.469 e. The summed E-state index contributed by atoms with van der Waals surface area (Å²) in [4.78, 5) is 0. The summed E-state index contributed by atoms with van der Waals surface area (Å²) in [6.07, 6.45) is 5.35. The highest BCUT2D eigenvalue weighted by molar-refractivity contribution is 6.30. The second-order valence-electron chi connectivity index (χ2n) is 7.59. The molecule has 0 amide bonds. The van der Waals surface area contributed by atoms with Crippen LogP contribution in [0.4, 0.5) is 0 Å². The molecule has 1 heterocycles. The van der Waals surface area contributed by atoms with E-state index in [9.17, 15) is 5.21 Å². The van der Waals surface area contributed by atoms with Crippen LogP contribution in [-0.2, 0) is 17.6 Å². The van der Waals surface area contributed by atoms with Gasteiger partial charge in [0.2, 0.25) is 0 Å². The highest BCUT2D eigenvalue weighted by Gasteiger charge is 2.28. The van der Waals surface area contributed by atoms with Crippen LogP contribution in [0.25, 0.3) is 0 Å². The number of hydrogen-bond donors (Lipinski definition) is 1. The summed E-state index contributed by atoms with van der Waals surface area (Å²) in [6, 6.07) is 18.0. The maximum Gasteiger partial charge on any atom is 0.108 e. The number of hydrogen-bond acceptors (Lipinski definition) is 4. The van der Waals surface area contributed by atoms with E-state index in [2.05, 4.69) is 17.3 Å². The zero-order valence-electron chi connectivity index (χ0n) is 18.2. The quantitative estimate of drug-likeness (QED) is 0.237. The summed E-state index contributed by atoms with van der Waals surface area (Å²) in [7, 11) is 0. The Morgan fingerprint density at radius 2 is 1.81 bits per heavy atom. The number of halogens is 1. The smallest absolute Gasteiger partial charge is 0.108 e. The van der Waals surface area contributed by atoms with Crippen LogP contribution in [0.3, 0.4) is 0 Å². The van der Waals surface area contributed by atoms with Crippen molar-refractivity contribution in [3.8, 4) is 0 Å². The van der Waals surface area contributed by atoms with Crippen molar-refractivity contribution in [2.45, 2.75) is 45.4 Å². The second kappa shape index (κ2) is 11.7. The Labute approximate surface area is 189 Å². The van der Waals surface area contributed by atoms with E-state index < -0.39 is 0 Å². The summed E-state index contributed by atoms with van der Waals surface area (Å²) >= 11 is 6.16. The first-order valence-electron chi connectivity index (χ1n) is 10.8. The highest BCUT2D eigenvalue weighted by atomic mass is 35.5. The second-order valence-corrected chi connectivity index (χ2v) is 8.03. The van der Waals surface area contributed by atoms with Gasteiger partial charge in [-0.25, -0.2) is 0 Å². The summed E-state index contributed by atoms with van der Waals surface area (Å²) < 4.78 is 10.5. The lowest BCUT2D eigenvalue weighted by molar-refractivity contribution is 0.162. The molecule has 0 aliphatic heterocycles. The third-order valence-electron chi connectivity index (χ3n) is 5.17. The number of nitrogens with zero attached hydrogens (tertiary/aromatic N) is 1. The largest absolute Gasteiger partial charge is 0.469 e. The van der Waals surface area contributed by atoms with Crippen molar-refractivity contribution in [2.24, 2.45) is 5.16 Å². The molecule has 1 N–H and O–H groups in total. The van der Waals surface area contributed by atoms with Crippen LogP contribution in [0.5, 0.6) is 0 Å². The predicted molar refractivity (Wildman–Crippen MR) is 126 cm³/mol. The van der Waals surface area contributed by atoms with Gasteiger partial charge in [-0.15, -0.1) is 0 Å². The molecule has 0 saturated heterocycles. The van der Waals surface area contributed by atoms with Gasteiger partial charge in [-0.05, 0) is 67.5 Å². The molecule has 164 valence electrons. The van der Waals surface area contributed by atoms with Crippen molar-refractivity contribution in [2.75, 3.05) is 13.2 Å².